The van der Waals surface area contributed by atoms with E-state index >= 15 is 0 Å². The van der Waals surface area contributed by atoms with Gasteiger partial charge in [-0.2, -0.15) is 0 Å². The highest BCUT2D eigenvalue weighted by atomic mass is 28.3. The second-order valence-corrected chi connectivity index (χ2v) is 22.1. The van der Waals surface area contributed by atoms with Crippen LogP contribution in [0.4, 0.5) is 0 Å². The highest BCUT2D eigenvalue weighted by Crippen LogP contribution is 2.26. The van der Waals surface area contributed by atoms with Crippen LogP contribution in [0.1, 0.15) is 47.9 Å². The predicted octanol–water partition coefficient (Wildman–Crippen LogP) is 5.65. The summed E-state index contributed by atoms with van der Waals surface area (Å²) in [6.45, 7) is 17.7. The Morgan fingerprint density at radius 3 is 1.35 bits per heavy atom. The van der Waals surface area contributed by atoms with E-state index in [0.29, 0.717) is 11.5 Å². The lowest BCUT2D eigenvalue weighted by molar-refractivity contribution is 0.390. The molecule has 4 nitrogen and oxygen atoms in total. The molecule has 0 radical (unpaired) electrons. The molecule has 34 heavy (non-hydrogen) atoms. The molecule has 6 heteroatoms. The molecule has 0 bridgehead atoms. The van der Waals surface area contributed by atoms with Crippen molar-refractivity contribution in [1.29, 1.82) is 0 Å². The predicted molar refractivity (Wildman–Crippen MR) is 153 cm³/mol. The average molecular weight is 495 g/mol. The Labute approximate surface area is 207 Å². The van der Waals surface area contributed by atoms with E-state index in [2.05, 4.69) is 65.3 Å². The zero-order chi connectivity index (χ0) is 25.3. The Bertz CT molecular complexity index is 1010. The number of rotatable bonds is 6. The zero-order valence-electron chi connectivity index (χ0n) is 22.2. The van der Waals surface area contributed by atoms with Gasteiger partial charge in [0.15, 0.2) is 0 Å². The van der Waals surface area contributed by atoms with Gasteiger partial charge < -0.3 is 10.2 Å². The Balaban J connectivity index is 1.88. The van der Waals surface area contributed by atoms with Crippen molar-refractivity contribution in [2.24, 2.45) is 9.98 Å². The maximum atomic E-state index is 10.9. The SMILES string of the molecule is Cc1cc(C=N[C@@H]2CCCC[C@H]2N=Cc2cc(C)cc([Si](C)(C)C)c2O)c(O)c([Si](C)(C)C)c1. The molecule has 2 aromatic rings. The Kier molecular flexibility index (Phi) is 7.93. The molecule has 2 aromatic carbocycles. The molecule has 0 unspecified atom stereocenters. The van der Waals surface area contributed by atoms with Gasteiger partial charge in [0.05, 0.1) is 28.2 Å². The van der Waals surface area contributed by atoms with Crippen LogP contribution >= 0.6 is 0 Å². The van der Waals surface area contributed by atoms with Crippen LogP contribution in [0.2, 0.25) is 39.3 Å². The molecule has 184 valence electrons. The molecule has 0 amide bonds. The Morgan fingerprint density at radius 2 is 1.03 bits per heavy atom. The number of phenolic OH excluding ortho intramolecular Hbond substituents is 2. The number of aliphatic imine (C=N–C) groups is 2. The summed E-state index contributed by atoms with van der Waals surface area (Å²) < 4.78 is 0. The molecule has 1 fully saturated rings. The van der Waals surface area contributed by atoms with Gasteiger partial charge >= 0.3 is 0 Å². The third-order valence-electron chi connectivity index (χ3n) is 6.69. The molecular weight excluding hydrogens is 452 g/mol. The lowest BCUT2D eigenvalue weighted by Gasteiger charge is -2.26. The molecule has 0 aliphatic heterocycles. The zero-order valence-corrected chi connectivity index (χ0v) is 24.2. The van der Waals surface area contributed by atoms with E-state index in [1.54, 1.807) is 0 Å². The number of hydrogen-bond donors (Lipinski definition) is 2. The Morgan fingerprint density at radius 1 is 0.676 bits per heavy atom. The van der Waals surface area contributed by atoms with Crippen LogP contribution < -0.4 is 10.4 Å². The third-order valence-corrected chi connectivity index (χ3v) is 10.7. The van der Waals surface area contributed by atoms with Crippen molar-refractivity contribution in [2.75, 3.05) is 0 Å². The lowest BCUT2D eigenvalue weighted by Crippen LogP contribution is -2.38. The molecule has 3 rings (SSSR count). The Hall–Kier alpha value is -2.19. The molecule has 1 aliphatic carbocycles. The minimum atomic E-state index is -1.66. The van der Waals surface area contributed by atoms with Crippen LogP contribution in [0.3, 0.4) is 0 Å². The lowest BCUT2D eigenvalue weighted by atomic mass is 9.91. The van der Waals surface area contributed by atoms with Gasteiger partial charge in [0.25, 0.3) is 0 Å². The number of aromatic hydroxyl groups is 2. The third kappa shape index (κ3) is 6.27. The standard InChI is InChI=1S/C28H42N2O2Si2/c1-19-13-21(27(31)25(15-19)33(3,4)5)17-29-23-11-9-10-12-24(23)30-18-22-14-20(2)16-26(28(22)32)34(6,7)8/h13-18,23-24,31-32H,9-12H2,1-8H3/t23-,24-/m1/s1. The minimum absolute atomic E-state index is 0.0867. The monoisotopic (exact) mass is 494 g/mol. The quantitative estimate of drug-likeness (QED) is 0.402. The topological polar surface area (TPSA) is 65.2 Å². The first kappa shape index (κ1) is 26.4. The van der Waals surface area contributed by atoms with Crippen LogP contribution in [0.5, 0.6) is 11.5 Å². The van der Waals surface area contributed by atoms with E-state index in [1.165, 1.54) is 0 Å². The summed E-state index contributed by atoms with van der Waals surface area (Å²) in [7, 11) is -3.31. The van der Waals surface area contributed by atoms with Crippen molar-refractivity contribution in [2.45, 2.75) is 90.9 Å². The van der Waals surface area contributed by atoms with Crippen molar-refractivity contribution in [3.8, 4) is 11.5 Å². The van der Waals surface area contributed by atoms with Crippen LogP contribution in [0.25, 0.3) is 0 Å². The van der Waals surface area contributed by atoms with Gasteiger partial charge in [-0.25, -0.2) is 0 Å². The molecule has 0 heterocycles. The van der Waals surface area contributed by atoms with Gasteiger partial charge in [0, 0.05) is 23.6 Å². The van der Waals surface area contributed by atoms with E-state index in [1.807, 2.05) is 24.6 Å². The van der Waals surface area contributed by atoms with E-state index in [9.17, 15) is 10.2 Å². The largest absolute Gasteiger partial charge is 0.507 e. The molecule has 0 spiro atoms. The number of benzene rings is 2. The van der Waals surface area contributed by atoms with E-state index in [0.717, 1.165) is 58.3 Å². The fourth-order valence-electron chi connectivity index (χ4n) is 4.75. The van der Waals surface area contributed by atoms with E-state index in [4.69, 9.17) is 9.98 Å². The summed E-state index contributed by atoms with van der Waals surface area (Å²) in [5.74, 6) is 0.765. The molecule has 2 atom stereocenters. The van der Waals surface area contributed by atoms with Crippen LogP contribution in [0, 0.1) is 13.8 Å². The van der Waals surface area contributed by atoms with Gasteiger partial charge in [-0.1, -0.05) is 75.4 Å². The van der Waals surface area contributed by atoms with Crippen molar-refractivity contribution >= 4 is 39.0 Å². The van der Waals surface area contributed by atoms with Gasteiger partial charge in [-0.3, -0.25) is 9.98 Å². The molecular formula is C28H42N2O2Si2. The molecule has 2 N–H and O–H groups in total. The summed E-state index contributed by atoms with van der Waals surface area (Å²) in [5, 5.41) is 24.0. The average Bonchev–Trinajstić information content (AvgIpc) is 2.73. The maximum Gasteiger partial charge on any atom is 0.123 e. The highest BCUT2D eigenvalue weighted by Gasteiger charge is 2.26. The van der Waals surface area contributed by atoms with Gasteiger partial charge in [-0.15, -0.1) is 0 Å². The van der Waals surface area contributed by atoms with Crippen LogP contribution in [-0.4, -0.2) is 50.9 Å². The summed E-state index contributed by atoms with van der Waals surface area (Å²) >= 11 is 0. The minimum Gasteiger partial charge on any atom is -0.507 e. The summed E-state index contributed by atoms with van der Waals surface area (Å²) in [4.78, 5) is 9.86. The van der Waals surface area contributed by atoms with Gasteiger partial charge in [0.1, 0.15) is 11.5 Å². The van der Waals surface area contributed by atoms with Crippen molar-refractivity contribution in [1.82, 2.24) is 0 Å². The van der Waals surface area contributed by atoms with Gasteiger partial charge in [-0.05, 0) is 49.2 Å². The highest BCUT2D eigenvalue weighted by molar-refractivity contribution is 6.89. The number of hydrogen-bond acceptors (Lipinski definition) is 4. The number of nitrogens with zero attached hydrogens (tertiary/aromatic N) is 2. The maximum absolute atomic E-state index is 10.9. The summed E-state index contributed by atoms with van der Waals surface area (Å²) in [5.41, 5.74) is 3.93. The fourth-order valence-corrected chi connectivity index (χ4v) is 7.78. The van der Waals surface area contributed by atoms with Crippen LogP contribution in [0.15, 0.2) is 34.3 Å². The molecule has 1 saturated carbocycles. The normalized spacial score (nSPS) is 19.9. The smallest absolute Gasteiger partial charge is 0.123 e. The summed E-state index contributed by atoms with van der Waals surface area (Å²) in [6, 6.07) is 8.45. The fraction of sp³-hybridized carbons (Fsp3) is 0.500. The van der Waals surface area contributed by atoms with Crippen molar-refractivity contribution < 1.29 is 10.2 Å². The van der Waals surface area contributed by atoms with Gasteiger partial charge in [0.2, 0.25) is 0 Å². The molecule has 0 aromatic heterocycles. The first-order valence-corrected chi connectivity index (χ1v) is 19.5. The van der Waals surface area contributed by atoms with E-state index < -0.39 is 16.1 Å². The first-order valence-electron chi connectivity index (χ1n) is 12.5. The van der Waals surface area contributed by atoms with Crippen molar-refractivity contribution in [3.05, 3.63) is 46.5 Å². The van der Waals surface area contributed by atoms with E-state index in [-0.39, 0.29) is 12.1 Å². The first-order chi connectivity index (χ1) is 15.8. The van der Waals surface area contributed by atoms with Crippen LogP contribution in [-0.2, 0) is 0 Å². The van der Waals surface area contributed by atoms with Crippen molar-refractivity contribution in [3.63, 3.8) is 0 Å². The second kappa shape index (κ2) is 10.2. The molecule has 0 saturated heterocycles. The second-order valence-electron chi connectivity index (χ2n) is 12.0. The number of aryl methyl sites for hydroxylation is 2. The molecule has 1 aliphatic rings. The summed E-state index contributed by atoms with van der Waals surface area (Å²) in [6.07, 6.45) is 7.99. The number of phenols is 2.